The molecule has 5 heteroatoms. The van der Waals surface area contributed by atoms with Crippen LogP contribution in [0.15, 0.2) is 0 Å². The van der Waals surface area contributed by atoms with E-state index in [-0.39, 0.29) is 6.61 Å². The number of primary amides is 1. The van der Waals surface area contributed by atoms with E-state index in [1.807, 2.05) is 0 Å². The third kappa shape index (κ3) is 2.17. The molecule has 0 bridgehead atoms. The molecule has 0 saturated carbocycles. The number of ether oxygens (including phenoxy) is 1. The van der Waals surface area contributed by atoms with Crippen molar-refractivity contribution in [2.75, 3.05) is 32.9 Å². The van der Waals surface area contributed by atoms with Crippen molar-refractivity contribution in [3.8, 4) is 0 Å². The Kier molecular flexibility index (Phi) is 3.46. The molecule has 1 radical (unpaired) electrons. The minimum absolute atomic E-state index is 0.205. The first-order valence-corrected chi connectivity index (χ1v) is 3.95. The molecule has 0 spiro atoms. The summed E-state index contributed by atoms with van der Waals surface area (Å²) in [6.07, 6.45) is 0. The number of nitrogens with zero attached hydrogens (tertiary/aromatic N) is 1. The second kappa shape index (κ2) is 4.39. The summed E-state index contributed by atoms with van der Waals surface area (Å²) in [5, 5.41) is 10.3. The Balaban J connectivity index is 2.48. The van der Waals surface area contributed by atoms with E-state index in [9.17, 15) is 9.90 Å². The van der Waals surface area contributed by atoms with Crippen molar-refractivity contribution in [3.63, 3.8) is 0 Å². The zero-order valence-corrected chi connectivity index (χ0v) is 6.86. The Bertz CT molecular complexity index is 161. The zero-order valence-electron chi connectivity index (χ0n) is 6.86. The molecule has 1 atom stereocenters. The van der Waals surface area contributed by atoms with Gasteiger partial charge in [-0.2, -0.15) is 0 Å². The number of amides is 1. The van der Waals surface area contributed by atoms with Gasteiger partial charge in [-0.05, 0) is 0 Å². The van der Waals surface area contributed by atoms with E-state index in [1.54, 1.807) is 4.90 Å². The molecule has 0 aromatic rings. The van der Waals surface area contributed by atoms with Crippen LogP contribution in [0.4, 0.5) is 0 Å². The molecule has 1 aliphatic rings. The molecule has 5 nitrogen and oxygen atoms in total. The number of morpholine rings is 1. The van der Waals surface area contributed by atoms with Gasteiger partial charge in [-0.1, -0.05) is 0 Å². The van der Waals surface area contributed by atoms with Crippen LogP contribution in [0.1, 0.15) is 0 Å². The van der Waals surface area contributed by atoms with Crippen LogP contribution in [0, 0.1) is 0 Å². The van der Waals surface area contributed by atoms with Gasteiger partial charge in [0.25, 0.3) is 0 Å². The standard InChI is InChI=1S/C7H13N2O3/c8-7(11)6-5-12-4-2-9(6)1-3-10/h6H,1-5H2,(H2,8,11). The molecule has 12 heavy (non-hydrogen) atoms. The molecule has 1 heterocycles. The molecule has 1 unspecified atom stereocenters. The number of nitrogens with two attached hydrogens (primary N) is 1. The van der Waals surface area contributed by atoms with Gasteiger partial charge in [0.15, 0.2) is 0 Å². The van der Waals surface area contributed by atoms with Crippen LogP contribution in [0.2, 0.25) is 0 Å². The van der Waals surface area contributed by atoms with Crippen LogP contribution in [0.3, 0.4) is 0 Å². The van der Waals surface area contributed by atoms with Gasteiger partial charge in [-0.3, -0.25) is 9.69 Å². The number of hydrogen-bond donors (Lipinski definition) is 1. The summed E-state index contributed by atoms with van der Waals surface area (Å²) >= 11 is 0. The highest BCUT2D eigenvalue weighted by Crippen LogP contribution is 2.05. The van der Waals surface area contributed by atoms with Crippen LogP contribution in [-0.4, -0.2) is 49.8 Å². The summed E-state index contributed by atoms with van der Waals surface area (Å²) in [5.41, 5.74) is 5.13. The van der Waals surface area contributed by atoms with Crippen LogP contribution in [-0.2, 0) is 14.6 Å². The van der Waals surface area contributed by atoms with Gasteiger partial charge in [0, 0.05) is 13.1 Å². The molecule has 0 aliphatic carbocycles. The number of carbonyl (C=O) groups excluding carboxylic acids is 1. The average molecular weight is 173 g/mol. The summed E-state index contributed by atoms with van der Waals surface area (Å²) in [6, 6.07) is -0.410. The Morgan fingerprint density at radius 3 is 3.00 bits per heavy atom. The van der Waals surface area contributed by atoms with Gasteiger partial charge in [0.2, 0.25) is 5.91 Å². The molecule has 69 valence electrons. The Hall–Kier alpha value is -0.650. The van der Waals surface area contributed by atoms with Gasteiger partial charge in [0.05, 0.1) is 19.8 Å². The number of rotatable bonds is 3. The third-order valence-electron chi connectivity index (χ3n) is 1.95. The first-order valence-electron chi connectivity index (χ1n) is 3.95. The Morgan fingerprint density at radius 1 is 1.67 bits per heavy atom. The molecular formula is C7H13N2O3. The quantitative estimate of drug-likeness (QED) is 0.570. The molecular weight excluding hydrogens is 160 g/mol. The number of hydrogen-bond acceptors (Lipinski definition) is 3. The molecule has 1 saturated heterocycles. The average Bonchev–Trinajstić information content (AvgIpc) is 2.05. The highest BCUT2D eigenvalue weighted by Gasteiger charge is 2.26. The maximum atomic E-state index is 10.8. The highest BCUT2D eigenvalue weighted by atomic mass is 16.5. The van der Waals surface area contributed by atoms with Crippen molar-refractivity contribution in [3.05, 3.63) is 0 Å². The van der Waals surface area contributed by atoms with E-state index in [0.29, 0.717) is 26.3 Å². The van der Waals surface area contributed by atoms with Crippen molar-refractivity contribution in [2.45, 2.75) is 6.04 Å². The Labute approximate surface area is 71.1 Å². The molecule has 1 rings (SSSR count). The zero-order chi connectivity index (χ0) is 8.97. The fraction of sp³-hybridized carbons (Fsp3) is 0.857. The van der Waals surface area contributed by atoms with Gasteiger partial charge >= 0.3 is 0 Å². The Morgan fingerprint density at radius 2 is 2.42 bits per heavy atom. The van der Waals surface area contributed by atoms with Crippen LogP contribution >= 0.6 is 0 Å². The van der Waals surface area contributed by atoms with Crippen molar-refractivity contribution < 1.29 is 14.6 Å². The maximum Gasteiger partial charge on any atom is 0.237 e. The predicted molar refractivity (Wildman–Crippen MR) is 40.9 cm³/mol. The summed E-state index contributed by atoms with van der Waals surface area (Å²) in [4.78, 5) is 12.6. The van der Waals surface area contributed by atoms with Crippen LogP contribution in [0.5, 0.6) is 0 Å². The topological polar surface area (TPSA) is 75.5 Å². The summed E-state index contributed by atoms with van der Waals surface area (Å²) in [5.74, 6) is -0.414. The minimum Gasteiger partial charge on any atom is -0.378 e. The van der Waals surface area contributed by atoms with E-state index in [4.69, 9.17) is 10.5 Å². The second-order valence-electron chi connectivity index (χ2n) is 2.73. The van der Waals surface area contributed by atoms with E-state index in [1.165, 1.54) is 0 Å². The van der Waals surface area contributed by atoms with Crippen molar-refractivity contribution in [2.24, 2.45) is 5.73 Å². The van der Waals surface area contributed by atoms with Crippen molar-refractivity contribution in [1.82, 2.24) is 4.90 Å². The largest absolute Gasteiger partial charge is 0.378 e. The lowest BCUT2D eigenvalue weighted by atomic mass is 10.2. The van der Waals surface area contributed by atoms with Crippen LogP contribution < -0.4 is 5.73 Å². The lowest BCUT2D eigenvalue weighted by Gasteiger charge is -2.32. The molecule has 2 N–H and O–H groups in total. The second-order valence-corrected chi connectivity index (χ2v) is 2.73. The van der Waals surface area contributed by atoms with Crippen molar-refractivity contribution >= 4 is 5.91 Å². The maximum absolute atomic E-state index is 10.8. The van der Waals surface area contributed by atoms with Crippen LogP contribution in [0.25, 0.3) is 0 Å². The SMILES string of the molecule is NC(=O)C1COCCN1CC[O]. The first kappa shape index (κ1) is 9.44. The fourth-order valence-corrected chi connectivity index (χ4v) is 1.28. The van der Waals surface area contributed by atoms with Crippen molar-refractivity contribution in [1.29, 1.82) is 0 Å². The third-order valence-corrected chi connectivity index (χ3v) is 1.95. The van der Waals surface area contributed by atoms with Gasteiger partial charge in [-0.15, -0.1) is 0 Å². The molecule has 0 aromatic heterocycles. The van der Waals surface area contributed by atoms with E-state index < -0.39 is 11.9 Å². The monoisotopic (exact) mass is 173 g/mol. The first-order chi connectivity index (χ1) is 5.75. The summed E-state index contributed by atoms with van der Waals surface area (Å²) in [6.45, 7) is 1.68. The molecule has 1 fully saturated rings. The van der Waals surface area contributed by atoms with Gasteiger partial charge in [0.1, 0.15) is 6.04 Å². The summed E-state index contributed by atoms with van der Waals surface area (Å²) in [7, 11) is 0. The highest BCUT2D eigenvalue weighted by molar-refractivity contribution is 5.80. The van der Waals surface area contributed by atoms with E-state index in [0.717, 1.165) is 0 Å². The molecule has 0 aromatic carbocycles. The summed E-state index contributed by atoms with van der Waals surface area (Å²) < 4.78 is 5.08. The van der Waals surface area contributed by atoms with Gasteiger partial charge in [-0.25, -0.2) is 5.11 Å². The lowest BCUT2D eigenvalue weighted by Crippen LogP contribution is -2.53. The lowest BCUT2D eigenvalue weighted by molar-refractivity contribution is -0.129. The smallest absolute Gasteiger partial charge is 0.237 e. The normalized spacial score (nSPS) is 25.6. The van der Waals surface area contributed by atoms with E-state index in [2.05, 4.69) is 0 Å². The predicted octanol–water partition coefficient (Wildman–Crippen LogP) is -1.40. The minimum atomic E-state index is -0.414. The number of carbonyl (C=O) groups is 1. The van der Waals surface area contributed by atoms with Gasteiger partial charge < -0.3 is 10.5 Å². The fourth-order valence-electron chi connectivity index (χ4n) is 1.28. The molecule has 1 aliphatic heterocycles. The molecule has 1 amide bonds. The van der Waals surface area contributed by atoms with E-state index >= 15 is 0 Å².